The Morgan fingerprint density at radius 3 is 2.68 bits per heavy atom. The van der Waals surface area contributed by atoms with Gasteiger partial charge in [0.2, 0.25) is 5.95 Å². The van der Waals surface area contributed by atoms with E-state index in [1.165, 1.54) is 17.3 Å². The van der Waals surface area contributed by atoms with E-state index < -0.39 is 29.1 Å². The molecular formula is C23H20F3N7O4. The van der Waals surface area contributed by atoms with Crippen molar-refractivity contribution in [3.63, 3.8) is 0 Å². The van der Waals surface area contributed by atoms with E-state index in [1.807, 2.05) is 0 Å². The van der Waals surface area contributed by atoms with Crippen molar-refractivity contribution in [2.24, 2.45) is 0 Å². The predicted molar refractivity (Wildman–Crippen MR) is 127 cm³/mol. The second-order valence-electron chi connectivity index (χ2n) is 8.61. The van der Waals surface area contributed by atoms with Gasteiger partial charge in [0.05, 0.1) is 11.3 Å². The van der Waals surface area contributed by atoms with Crippen LogP contribution in [-0.4, -0.2) is 60.2 Å². The summed E-state index contributed by atoms with van der Waals surface area (Å²) in [6.07, 6.45) is -1.24. The van der Waals surface area contributed by atoms with Crippen molar-refractivity contribution < 1.29 is 23.1 Å². The summed E-state index contributed by atoms with van der Waals surface area (Å²) in [5.41, 5.74) is -1.40. The number of carbonyl (C=O) groups is 1. The maximum atomic E-state index is 13.9. The van der Waals surface area contributed by atoms with E-state index >= 15 is 0 Å². The minimum atomic E-state index is -4.73. The molecule has 1 amide bonds. The van der Waals surface area contributed by atoms with Crippen molar-refractivity contribution >= 4 is 22.9 Å². The van der Waals surface area contributed by atoms with E-state index in [9.17, 15) is 32.7 Å². The van der Waals surface area contributed by atoms with E-state index in [0.29, 0.717) is 42.0 Å². The first-order valence-corrected chi connectivity index (χ1v) is 11.2. The van der Waals surface area contributed by atoms with Crippen LogP contribution >= 0.6 is 0 Å². The van der Waals surface area contributed by atoms with E-state index in [0.717, 1.165) is 0 Å². The maximum Gasteiger partial charge on any atom is 0.419 e. The molecule has 1 aromatic carbocycles. The number of H-pyrrole nitrogens is 3. The van der Waals surface area contributed by atoms with Gasteiger partial charge in [-0.3, -0.25) is 9.78 Å². The summed E-state index contributed by atoms with van der Waals surface area (Å²) in [6, 6.07) is 4.34. The fourth-order valence-corrected chi connectivity index (χ4v) is 4.43. The van der Waals surface area contributed by atoms with Gasteiger partial charge in [-0.05, 0) is 24.5 Å². The molecule has 1 saturated heterocycles. The number of rotatable bonds is 4. The number of piperidine rings is 1. The number of amides is 1. The van der Waals surface area contributed by atoms with Crippen LogP contribution in [0.3, 0.4) is 0 Å². The Bertz CT molecular complexity index is 1610. The van der Waals surface area contributed by atoms with E-state index in [2.05, 4.69) is 30.2 Å². The smallest absolute Gasteiger partial charge is 0.419 e. The fraction of sp³-hybridized carbons (Fsp3) is 0.261. The van der Waals surface area contributed by atoms with Crippen molar-refractivity contribution in [2.45, 2.75) is 25.1 Å². The number of alkyl halides is 3. The highest BCUT2D eigenvalue weighted by Crippen LogP contribution is 2.39. The van der Waals surface area contributed by atoms with Gasteiger partial charge in [0.1, 0.15) is 5.56 Å². The Morgan fingerprint density at radius 1 is 1.16 bits per heavy atom. The molecule has 0 unspecified atom stereocenters. The number of nitrogens with zero attached hydrogens (tertiary/aromatic N) is 3. The molecule has 1 aliphatic heterocycles. The van der Waals surface area contributed by atoms with E-state index in [-0.39, 0.29) is 35.4 Å². The first-order valence-electron chi connectivity index (χ1n) is 11.2. The lowest BCUT2D eigenvalue weighted by atomic mass is 10.0. The number of fused-ring (bicyclic) bond motifs is 1. The number of aromatic amines is 3. The van der Waals surface area contributed by atoms with E-state index in [1.54, 1.807) is 18.2 Å². The summed E-state index contributed by atoms with van der Waals surface area (Å²) >= 11 is 0. The topological polar surface area (TPSA) is 160 Å². The molecule has 4 aromatic rings. The standard InChI is InChI=1S/C23H20F3N7O4/c24-23(25,26)16-9-28-20(30-12-2-1-5-33(10-12)22(36)37)31-18(16)15-8-27-17-6-11(3-4-13(15)17)14-7-29-21(35)32-19(14)34/h3-4,6-9,12,27H,1-2,5,10H2,(H,36,37)(H,28,30,31)(H2,29,32,34,35)/t12-/m0/s1. The molecule has 0 bridgehead atoms. The third kappa shape index (κ3) is 4.77. The second kappa shape index (κ2) is 9.11. The van der Waals surface area contributed by atoms with Crippen LogP contribution in [0.15, 0.2) is 46.4 Å². The zero-order chi connectivity index (χ0) is 26.3. The van der Waals surface area contributed by atoms with Crippen LogP contribution in [-0.2, 0) is 6.18 Å². The monoisotopic (exact) mass is 515 g/mol. The summed E-state index contributed by atoms with van der Waals surface area (Å²) in [4.78, 5) is 51.4. The largest absolute Gasteiger partial charge is 0.465 e. The van der Waals surface area contributed by atoms with Crippen LogP contribution in [0.4, 0.5) is 23.9 Å². The zero-order valence-electron chi connectivity index (χ0n) is 19.0. The van der Waals surface area contributed by atoms with Crippen molar-refractivity contribution in [3.05, 3.63) is 63.2 Å². The van der Waals surface area contributed by atoms with Gasteiger partial charge in [-0.25, -0.2) is 19.6 Å². The molecule has 1 fully saturated rings. The summed E-state index contributed by atoms with van der Waals surface area (Å²) in [5.74, 6) is -0.0500. The van der Waals surface area contributed by atoms with Crippen LogP contribution in [0.1, 0.15) is 18.4 Å². The lowest BCUT2D eigenvalue weighted by Crippen LogP contribution is -2.44. The maximum absolute atomic E-state index is 13.9. The molecule has 192 valence electrons. The highest BCUT2D eigenvalue weighted by molar-refractivity contribution is 5.97. The third-order valence-corrected chi connectivity index (χ3v) is 6.19. The molecule has 14 heteroatoms. The number of likely N-dealkylation sites (tertiary alicyclic amines) is 1. The van der Waals surface area contributed by atoms with Gasteiger partial charge in [0.25, 0.3) is 5.56 Å². The van der Waals surface area contributed by atoms with Crippen LogP contribution in [0, 0.1) is 0 Å². The normalized spacial score (nSPS) is 16.2. The number of benzene rings is 1. The zero-order valence-corrected chi connectivity index (χ0v) is 19.0. The van der Waals surface area contributed by atoms with Gasteiger partial charge in [-0.15, -0.1) is 0 Å². The quantitative estimate of drug-likeness (QED) is 0.279. The van der Waals surface area contributed by atoms with Crippen molar-refractivity contribution in [3.8, 4) is 22.4 Å². The molecule has 5 rings (SSSR count). The number of nitrogens with one attached hydrogen (secondary N) is 4. The molecule has 0 spiro atoms. The van der Waals surface area contributed by atoms with Gasteiger partial charge in [-0.1, -0.05) is 12.1 Å². The van der Waals surface area contributed by atoms with Crippen molar-refractivity contribution in [1.82, 2.24) is 29.8 Å². The number of halogens is 3. The number of hydrogen-bond acceptors (Lipinski definition) is 6. The minimum Gasteiger partial charge on any atom is -0.465 e. The second-order valence-corrected chi connectivity index (χ2v) is 8.61. The predicted octanol–water partition coefficient (Wildman–Crippen LogP) is 3.24. The first kappa shape index (κ1) is 24.1. The van der Waals surface area contributed by atoms with Crippen LogP contribution in [0.25, 0.3) is 33.3 Å². The molecule has 4 heterocycles. The van der Waals surface area contributed by atoms with Gasteiger partial charge in [-0.2, -0.15) is 13.2 Å². The molecule has 0 saturated carbocycles. The van der Waals surface area contributed by atoms with Crippen molar-refractivity contribution in [2.75, 3.05) is 18.4 Å². The van der Waals surface area contributed by atoms with Gasteiger partial charge < -0.3 is 25.3 Å². The van der Waals surface area contributed by atoms with Crippen molar-refractivity contribution in [1.29, 1.82) is 0 Å². The minimum absolute atomic E-state index is 0.0500. The highest BCUT2D eigenvalue weighted by Gasteiger charge is 2.36. The van der Waals surface area contributed by atoms with Gasteiger partial charge in [0.15, 0.2) is 0 Å². The molecule has 37 heavy (non-hydrogen) atoms. The molecule has 0 radical (unpaired) electrons. The lowest BCUT2D eigenvalue weighted by Gasteiger charge is -2.31. The number of carboxylic acid groups (broad SMARTS) is 1. The Morgan fingerprint density at radius 2 is 1.95 bits per heavy atom. The molecule has 3 aromatic heterocycles. The lowest BCUT2D eigenvalue weighted by molar-refractivity contribution is -0.137. The Hall–Kier alpha value is -4.62. The average Bonchev–Trinajstić information content (AvgIpc) is 3.27. The fourth-order valence-electron chi connectivity index (χ4n) is 4.43. The first-order chi connectivity index (χ1) is 17.6. The third-order valence-electron chi connectivity index (χ3n) is 6.19. The summed E-state index contributed by atoms with van der Waals surface area (Å²) < 4.78 is 41.7. The highest BCUT2D eigenvalue weighted by atomic mass is 19.4. The van der Waals surface area contributed by atoms with Crippen LogP contribution < -0.4 is 16.6 Å². The Kier molecular flexibility index (Phi) is 5.93. The van der Waals surface area contributed by atoms with E-state index in [4.69, 9.17) is 0 Å². The SMILES string of the molecule is O=C(O)N1CCC[C@H](Nc2ncc(C(F)(F)F)c(-c3c[nH]c4cc(-c5c[nH]c(=O)[nH]c5=O)ccc34)n2)C1. The Balaban J connectivity index is 1.53. The van der Waals surface area contributed by atoms with Crippen LogP contribution in [0.5, 0.6) is 0 Å². The average molecular weight is 515 g/mol. The van der Waals surface area contributed by atoms with Gasteiger partial charge >= 0.3 is 18.0 Å². The number of aromatic nitrogens is 5. The Labute approximate surface area is 205 Å². The molecule has 1 aliphatic rings. The number of hydrogen-bond donors (Lipinski definition) is 5. The van der Waals surface area contributed by atoms with Gasteiger partial charge in [0, 0.05) is 54.2 Å². The summed E-state index contributed by atoms with van der Waals surface area (Å²) in [5, 5.41) is 12.6. The molecule has 11 nitrogen and oxygen atoms in total. The molecule has 1 atom stereocenters. The summed E-state index contributed by atoms with van der Waals surface area (Å²) in [6.45, 7) is 0.545. The number of anilines is 1. The molecule has 0 aliphatic carbocycles. The van der Waals surface area contributed by atoms with Crippen LogP contribution in [0.2, 0.25) is 0 Å². The summed E-state index contributed by atoms with van der Waals surface area (Å²) in [7, 11) is 0. The molecule has 5 N–H and O–H groups in total. The molecular weight excluding hydrogens is 495 g/mol.